The van der Waals surface area contributed by atoms with E-state index in [0.717, 1.165) is 66.4 Å². The van der Waals surface area contributed by atoms with Gasteiger partial charge < -0.3 is 4.42 Å². The summed E-state index contributed by atoms with van der Waals surface area (Å²) in [6, 6.07) is 67.4. The molecule has 0 aliphatic rings. The molecule has 10 rings (SSSR count). The third kappa shape index (κ3) is 6.13. The highest BCUT2D eigenvalue weighted by Gasteiger charge is 2.19. The number of nitrogens with zero attached hydrogens (tertiary/aromatic N) is 3. The summed E-state index contributed by atoms with van der Waals surface area (Å²) in [7, 11) is 0. The number of aryl methyl sites for hydroxylation is 1. The van der Waals surface area contributed by atoms with E-state index in [0.29, 0.717) is 17.5 Å². The van der Waals surface area contributed by atoms with Crippen LogP contribution in [0.15, 0.2) is 199 Å². The number of rotatable bonds is 7. The van der Waals surface area contributed by atoms with Crippen molar-refractivity contribution in [1.29, 1.82) is 0 Å². The van der Waals surface area contributed by atoms with Gasteiger partial charge in [-0.3, -0.25) is 0 Å². The van der Waals surface area contributed by atoms with E-state index in [2.05, 4.69) is 153 Å². The number of fused-ring (bicyclic) bond motifs is 3. The molecule has 0 amide bonds. The van der Waals surface area contributed by atoms with Crippen molar-refractivity contribution < 1.29 is 4.42 Å². The highest BCUT2D eigenvalue weighted by molar-refractivity contribution is 6.13. The van der Waals surface area contributed by atoms with Crippen LogP contribution in [0.1, 0.15) is 5.56 Å². The lowest BCUT2D eigenvalue weighted by Gasteiger charge is -2.15. The van der Waals surface area contributed by atoms with Crippen LogP contribution in [0.5, 0.6) is 0 Å². The summed E-state index contributed by atoms with van der Waals surface area (Å²) in [5.41, 5.74) is 14.7. The van der Waals surface area contributed by atoms with Gasteiger partial charge in [0.15, 0.2) is 17.5 Å². The molecule has 56 heavy (non-hydrogen) atoms. The molecule has 0 N–H and O–H groups in total. The van der Waals surface area contributed by atoms with E-state index in [-0.39, 0.29) is 0 Å². The van der Waals surface area contributed by atoms with Crippen molar-refractivity contribution in [2.75, 3.05) is 0 Å². The molecule has 4 heteroatoms. The van der Waals surface area contributed by atoms with Crippen LogP contribution < -0.4 is 0 Å². The Morgan fingerprint density at radius 1 is 0.321 bits per heavy atom. The van der Waals surface area contributed by atoms with Gasteiger partial charge in [-0.15, -0.1) is 0 Å². The molecule has 0 fully saturated rings. The molecule has 0 saturated heterocycles. The number of hydrogen-bond acceptors (Lipinski definition) is 4. The maximum absolute atomic E-state index is 6.59. The molecule has 264 valence electrons. The summed E-state index contributed by atoms with van der Waals surface area (Å²) in [5.74, 6) is 1.79. The summed E-state index contributed by atoms with van der Waals surface area (Å²) >= 11 is 0. The maximum atomic E-state index is 6.59. The van der Waals surface area contributed by atoms with Gasteiger partial charge in [-0.2, -0.15) is 0 Å². The fraction of sp³-hybridized carbons (Fsp3) is 0.0192. The molecule has 0 atom stereocenters. The Labute approximate surface area is 325 Å². The number of hydrogen-bond donors (Lipinski definition) is 0. The first-order chi connectivity index (χ1) is 27.7. The van der Waals surface area contributed by atoms with E-state index in [1.807, 2.05) is 48.5 Å². The van der Waals surface area contributed by atoms with Crippen LogP contribution in [-0.2, 0) is 0 Å². The highest BCUT2D eigenvalue weighted by atomic mass is 16.3. The predicted octanol–water partition coefficient (Wildman–Crippen LogP) is 13.7. The molecule has 0 radical (unpaired) electrons. The van der Waals surface area contributed by atoms with Crippen LogP contribution in [0, 0.1) is 6.92 Å². The van der Waals surface area contributed by atoms with E-state index in [9.17, 15) is 0 Å². The second-order valence-corrected chi connectivity index (χ2v) is 14.1. The van der Waals surface area contributed by atoms with Gasteiger partial charge in [0.1, 0.15) is 11.2 Å². The van der Waals surface area contributed by atoms with E-state index in [4.69, 9.17) is 19.4 Å². The van der Waals surface area contributed by atoms with Gasteiger partial charge in [-0.25, -0.2) is 15.0 Å². The smallest absolute Gasteiger partial charge is 0.164 e. The van der Waals surface area contributed by atoms with Crippen LogP contribution in [0.2, 0.25) is 0 Å². The van der Waals surface area contributed by atoms with Crippen molar-refractivity contribution in [3.05, 3.63) is 200 Å². The molecule has 8 aromatic carbocycles. The fourth-order valence-corrected chi connectivity index (χ4v) is 7.70. The second-order valence-electron chi connectivity index (χ2n) is 14.1. The van der Waals surface area contributed by atoms with Crippen molar-refractivity contribution in [3.8, 4) is 78.7 Å². The normalized spacial score (nSPS) is 11.3. The van der Waals surface area contributed by atoms with Gasteiger partial charge >= 0.3 is 0 Å². The Morgan fingerprint density at radius 3 is 1.66 bits per heavy atom. The third-order valence-electron chi connectivity index (χ3n) is 10.5. The summed E-state index contributed by atoms with van der Waals surface area (Å²) in [4.78, 5) is 15.4. The lowest BCUT2D eigenvalue weighted by Crippen LogP contribution is -2.01. The minimum Gasteiger partial charge on any atom is -0.456 e. The number of benzene rings is 8. The zero-order chi connectivity index (χ0) is 37.4. The summed E-state index contributed by atoms with van der Waals surface area (Å²) in [6.07, 6.45) is 0. The van der Waals surface area contributed by atoms with Crippen LogP contribution >= 0.6 is 0 Å². The van der Waals surface area contributed by atoms with Gasteiger partial charge in [0.25, 0.3) is 0 Å². The molecule has 2 heterocycles. The molecule has 4 nitrogen and oxygen atoms in total. The Hall–Kier alpha value is -7.43. The van der Waals surface area contributed by atoms with Gasteiger partial charge in [-0.05, 0) is 93.4 Å². The van der Waals surface area contributed by atoms with Crippen LogP contribution in [0.3, 0.4) is 0 Å². The van der Waals surface area contributed by atoms with Crippen molar-refractivity contribution in [3.63, 3.8) is 0 Å². The minimum absolute atomic E-state index is 0.578. The van der Waals surface area contributed by atoms with Gasteiger partial charge in [0, 0.05) is 27.5 Å². The van der Waals surface area contributed by atoms with Crippen LogP contribution in [-0.4, -0.2) is 15.0 Å². The molecular formula is C52H35N3O. The quantitative estimate of drug-likeness (QED) is 0.165. The van der Waals surface area contributed by atoms with Crippen molar-refractivity contribution in [2.45, 2.75) is 6.92 Å². The first kappa shape index (κ1) is 33.2. The summed E-state index contributed by atoms with van der Waals surface area (Å²) in [5, 5.41) is 2.13. The zero-order valence-electron chi connectivity index (χ0n) is 30.7. The largest absolute Gasteiger partial charge is 0.456 e. The molecule has 10 aromatic rings. The summed E-state index contributed by atoms with van der Waals surface area (Å²) < 4.78 is 6.59. The average Bonchev–Trinajstić information content (AvgIpc) is 3.65. The van der Waals surface area contributed by atoms with Crippen molar-refractivity contribution in [1.82, 2.24) is 15.0 Å². The van der Waals surface area contributed by atoms with E-state index in [1.54, 1.807) is 0 Å². The topological polar surface area (TPSA) is 51.8 Å². The Morgan fingerprint density at radius 2 is 0.893 bits per heavy atom. The monoisotopic (exact) mass is 717 g/mol. The number of furan rings is 1. The first-order valence-corrected chi connectivity index (χ1v) is 18.9. The first-order valence-electron chi connectivity index (χ1n) is 18.9. The molecular weight excluding hydrogens is 683 g/mol. The second kappa shape index (κ2) is 14.1. The minimum atomic E-state index is 0.578. The van der Waals surface area contributed by atoms with E-state index in [1.165, 1.54) is 22.3 Å². The molecule has 0 aliphatic carbocycles. The van der Waals surface area contributed by atoms with Crippen molar-refractivity contribution in [2.24, 2.45) is 0 Å². The molecule has 0 spiro atoms. The lowest BCUT2D eigenvalue weighted by atomic mass is 9.92. The Balaban J connectivity index is 1.13. The Bertz CT molecular complexity index is 3030. The zero-order valence-corrected chi connectivity index (χ0v) is 30.7. The third-order valence-corrected chi connectivity index (χ3v) is 10.5. The number of aromatic nitrogens is 3. The predicted molar refractivity (Wildman–Crippen MR) is 230 cm³/mol. The van der Waals surface area contributed by atoms with E-state index < -0.39 is 0 Å². The fourth-order valence-electron chi connectivity index (χ4n) is 7.70. The van der Waals surface area contributed by atoms with Gasteiger partial charge in [0.05, 0.1) is 0 Å². The lowest BCUT2D eigenvalue weighted by molar-refractivity contribution is 0.669. The van der Waals surface area contributed by atoms with Gasteiger partial charge in [-0.1, -0.05) is 158 Å². The maximum Gasteiger partial charge on any atom is 0.164 e. The molecule has 2 aromatic heterocycles. The van der Waals surface area contributed by atoms with Crippen LogP contribution in [0.25, 0.3) is 101 Å². The van der Waals surface area contributed by atoms with Gasteiger partial charge in [0.2, 0.25) is 0 Å². The SMILES string of the molecule is Cc1ccccc1-c1ccc(-c2nc(-c3ccccc3)nc(-c3ccc4c(c3)oc3cccc(-c5cccc(-c6ccccc6)c5)c34)n2)c(-c2ccccc2)c1. The van der Waals surface area contributed by atoms with Crippen molar-refractivity contribution >= 4 is 21.9 Å². The Kier molecular flexibility index (Phi) is 8.34. The molecule has 0 bridgehead atoms. The van der Waals surface area contributed by atoms with Crippen LogP contribution in [0.4, 0.5) is 0 Å². The van der Waals surface area contributed by atoms with E-state index >= 15 is 0 Å². The molecule has 0 unspecified atom stereocenters. The summed E-state index contributed by atoms with van der Waals surface area (Å²) in [6.45, 7) is 2.15. The average molecular weight is 718 g/mol. The highest BCUT2D eigenvalue weighted by Crippen LogP contribution is 2.40. The molecule has 0 aliphatic heterocycles. The molecule has 0 saturated carbocycles. The standard InChI is InChI=1S/C52H35N3O/c1-34-15-11-12-24-42(34)40-27-29-44(46(32-40)36-18-7-3-8-19-36)52-54-50(37-20-9-4-10-21-37)53-51(55-52)41-28-30-45-48(33-41)56-47-26-14-25-43(49(45)47)39-23-13-22-38(31-39)35-16-5-2-6-17-35/h2-33H,1H3.